The lowest BCUT2D eigenvalue weighted by atomic mass is 9.32. The molecule has 0 aromatic heterocycles. The normalized spacial score (nSPS) is 25.8. The number of hydrogen-bond donors (Lipinski definition) is 2. The first-order chi connectivity index (χ1) is 13.4. The molecule has 2 N–H and O–H groups in total. The highest BCUT2D eigenvalue weighted by molar-refractivity contribution is 5.81. The molecule has 146 valence electrons. The maximum Gasteiger partial charge on any atom is 0.408 e. The Kier molecular flexibility index (Phi) is 4.61. The minimum Gasteiger partial charge on any atom is -0.480 e. The van der Waals surface area contributed by atoms with Crippen LogP contribution >= 0.6 is 0 Å². The van der Waals surface area contributed by atoms with Crippen molar-refractivity contribution in [1.82, 2.24) is 5.32 Å². The highest BCUT2D eigenvalue weighted by atomic mass is 16.5. The minimum atomic E-state index is -0.986. The highest BCUT2D eigenvalue weighted by Gasteiger charge is 2.71. The van der Waals surface area contributed by atoms with Crippen LogP contribution in [0.2, 0.25) is 0 Å². The van der Waals surface area contributed by atoms with Gasteiger partial charge in [-0.05, 0) is 49.1 Å². The first kappa shape index (κ1) is 18.5. The molecule has 1 atom stereocenters. The molecule has 3 aliphatic rings. The van der Waals surface area contributed by atoms with Gasteiger partial charge in [0.15, 0.2) is 0 Å². The molecule has 3 saturated carbocycles. The van der Waals surface area contributed by atoms with Gasteiger partial charge in [-0.3, -0.25) is 0 Å². The van der Waals surface area contributed by atoms with Gasteiger partial charge in [-0.2, -0.15) is 0 Å². The van der Waals surface area contributed by atoms with Crippen LogP contribution in [0.1, 0.15) is 36.0 Å². The average Bonchev–Trinajstić information content (AvgIpc) is 2.61. The molecule has 5 nitrogen and oxygen atoms in total. The van der Waals surface area contributed by atoms with Crippen molar-refractivity contribution in [3.05, 3.63) is 71.3 Å². The topological polar surface area (TPSA) is 75.6 Å². The standard InChI is InChI=1S/C23H25NO4/c1-16-6-5-9-18(10-16)11-22-13-23(14-22,15-22)19(20(25)26)24-21(27)28-12-17-7-3-2-4-8-17/h2-10,19H,11-15H2,1H3,(H,24,27)(H,25,26). The number of carbonyl (C=O) groups excluding carboxylic acids is 1. The summed E-state index contributed by atoms with van der Waals surface area (Å²) < 4.78 is 5.21. The second-order valence-electron chi connectivity index (χ2n) is 8.54. The molecule has 2 aromatic carbocycles. The van der Waals surface area contributed by atoms with Crippen molar-refractivity contribution in [3.8, 4) is 0 Å². The number of aryl methyl sites for hydroxylation is 1. The zero-order valence-electron chi connectivity index (χ0n) is 16.0. The van der Waals surface area contributed by atoms with Crippen molar-refractivity contribution in [1.29, 1.82) is 0 Å². The van der Waals surface area contributed by atoms with Crippen LogP contribution in [0.4, 0.5) is 4.79 Å². The first-order valence-corrected chi connectivity index (χ1v) is 9.65. The van der Waals surface area contributed by atoms with E-state index in [1.165, 1.54) is 11.1 Å². The van der Waals surface area contributed by atoms with Crippen molar-refractivity contribution in [2.24, 2.45) is 10.8 Å². The van der Waals surface area contributed by atoms with E-state index in [9.17, 15) is 14.7 Å². The van der Waals surface area contributed by atoms with Crippen LogP contribution in [0.15, 0.2) is 54.6 Å². The predicted octanol–water partition coefficient (Wildman–Crippen LogP) is 4.09. The quantitative estimate of drug-likeness (QED) is 0.760. The third kappa shape index (κ3) is 3.49. The van der Waals surface area contributed by atoms with Crippen LogP contribution in [0.3, 0.4) is 0 Å². The number of ether oxygens (including phenoxy) is 1. The Morgan fingerprint density at radius 3 is 2.39 bits per heavy atom. The van der Waals surface area contributed by atoms with Gasteiger partial charge in [-0.1, -0.05) is 60.2 Å². The average molecular weight is 379 g/mol. The van der Waals surface area contributed by atoms with Gasteiger partial charge in [-0.25, -0.2) is 9.59 Å². The summed E-state index contributed by atoms with van der Waals surface area (Å²) in [6.45, 7) is 2.21. The van der Waals surface area contributed by atoms with Gasteiger partial charge in [0.25, 0.3) is 0 Å². The van der Waals surface area contributed by atoms with Crippen LogP contribution in [-0.2, 0) is 22.6 Å². The van der Waals surface area contributed by atoms with Gasteiger partial charge in [0, 0.05) is 5.41 Å². The van der Waals surface area contributed by atoms with E-state index in [0.29, 0.717) is 0 Å². The fraction of sp³-hybridized carbons (Fsp3) is 0.391. The molecule has 2 bridgehead atoms. The molecular formula is C23H25NO4. The summed E-state index contributed by atoms with van der Waals surface area (Å²) in [6, 6.07) is 16.9. The Balaban J connectivity index is 1.33. The molecule has 0 radical (unpaired) electrons. The summed E-state index contributed by atoms with van der Waals surface area (Å²) >= 11 is 0. The van der Waals surface area contributed by atoms with E-state index in [2.05, 4.69) is 36.5 Å². The van der Waals surface area contributed by atoms with Crippen molar-refractivity contribution < 1.29 is 19.4 Å². The summed E-state index contributed by atoms with van der Waals surface area (Å²) in [6.07, 6.45) is 2.81. The molecule has 5 rings (SSSR count). The van der Waals surface area contributed by atoms with E-state index in [4.69, 9.17) is 4.74 Å². The Labute approximate surface area is 164 Å². The van der Waals surface area contributed by atoms with Crippen molar-refractivity contribution >= 4 is 12.1 Å². The molecule has 3 aliphatic carbocycles. The summed E-state index contributed by atoms with van der Waals surface area (Å²) in [4.78, 5) is 24.0. The van der Waals surface area contributed by atoms with Gasteiger partial charge < -0.3 is 15.2 Å². The summed E-state index contributed by atoms with van der Waals surface area (Å²) in [5, 5.41) is 12.3. The number of alkyl carbamates (subject to hydrolysis) is 1. The summed E-state index contributed by atoms with van der Waals surface area (Å²) in [7, 11) is 0. The SMILES string of the molecule is Cc1cccc(CC23CC(C(NC(=O)OCc4ccccc4)C(=O)O)(C2)C3)c1. The third-order valence-corrected chi connectivity index (χ3v) is 6.18. The van der Waals surface area contributed by atoms with Gasteiger partial charge in [-0.15, -0.1) is 0 Å². The van der Waals surface area contributed by atoms with E-state index in [1.54, 1.807) is 0 Å². The third-order valence-electron chi connectivity index (χ3n) is 6.18. The van der Waals surface area contributed by atoms with E-state index in [0.717, 1.165) is 31.2 Å². The zero-order chi connectivity index (χ0) is 19.8. The monoisotopic (exact) mass is 379 g/mol. The molecule has 0 saturated heterocycles. The molecule has 1 unspecified atom stereocenters. The Bertz CT molecular complexity index is 873. The van der Waals surface area contributed by atoms with Gasteiger partial charge >= 0.3 is 12.1 Å². The number of hydrogen-bond acceptors (Lipinski definition) is 3. The van der Waals surface area contributed by atoms with Gasteiger partial charge in [0.05, 0.1) is 0 Å². The van der Waals surface area contributed by atoms with Crippen LogP contribution in [0.5, 0.6) is 0 Å². The summed E-state index contributed by atoms with van der Waals surface area (Å²) in [5.74, 6) is -0.986. The highest BCUT2D eigenvalue weighted by Crippen LogP contribution is 2.75. The van der Waals surface area contributed by atoms with Crippen LogP contribution in [0, 0.1) is 17.8 Å². The lowest BCUT2D eigenvalue weighted by Gasteiger charge is -2.72. The van der Waals surface area contributed by atoms with Gasteiger partial charge in [0.2, 0.25) is 0 Å². The molecule has 5 heteroatoms. The number of carboxylic acids is 1. The fourth-order valence-corrected chi connectivity index (χ4v) is 5.19. The summed E-state index contributed by atoms with van der Waals surface area (Å²) in [5.41, 5.74) is 3.27. The Hall–Kier alpha value is -2.82. The zero-order valence-corrected chi connectivity index (χ0v) is 16.0. The largest absolute Gasteiger partial charge is 0.480 e. The maximum absolute atomic E-state index is 12.1. The number of rotatable bonds is 7. The molecule has 0 aliphatic heterocycles. The molecular weight excluding hydrogens is 354 g/mol. The number of aliphatic carboxylic acids is 1. The molecule has 2 aromatic rings. The molecule has 0 spiro atoms. The Morgan fingerprint density at radius 1 is 1.07 bits per heavy atom. The van der Waals surface area contributed by atoms with E-state index >= 15 is 0 Å². The van der Waals surface area contributed by atoms with Crippen molar-refractivity contribution in [3.63, 3.8) is 0 Å². The van der Waals surface area contributed by atoms with Gasteiger partial charge in [0.1, 0.15) is 12.6 Å². The van der Waals surface area contributed by atoms with E-state index in [1.807, 2.05) is 30.3 Å². The second-order valence-corrected chi connectivity index (χ2v) is 8.54. The molecule has 0 heterocycles. The van der Waals surface area contributed by atoms with Crippen LogP contribution < -0.4 is 5.32 Å². The molecule has 3 fully saturated rings. The second kappa shape index (κ2) is 6.97. The smallest absolute Gasteiger partial charge is 0.408 e. The van der Waals surface area contributed by atoms with E-state index < -0.39 is 18.1 Å². The maximum atomic E-state index is 12.1. The lowest BCUT2D eigenvalue weighted by molar-refractivity contribution is -0.223. The first-order valence-electron chi connectivity index (χ1n) is 9.65. The van der Waals surface area contributed by atoms with Crippen molar-refractivity contribution in [2.75, 3.05) is 0 Å². The number of nitrogens with one attached hydrogen (secondary N) is 1. The minimum absolute atomic E-state index is 0.128. The molecule has 28 heavy (non-hydrogen) atoms. The number of benzene rings is 2. The number of carbonyl (C=O) groups is 2. The molecule has 1 amide bonds. The fourth-order valence-electron chi connectivity index (χ4n) is 5.19. The number of carboxylic acid groups (broad SMARTS) is 1. The van der Waals surface area contributed by atoms with Crippen molar-refractivity contribution in [2.45, 2.75) is 45.3 Å². The van der Waals surface area contributed by atoms with E-state index in [-0.39, 0.29) is 17.4 Å². The predicted molar refractivity (Wildman–Crippen MR) is 105 cm³/mol. The number of amides is 1. The Morgan fingerprint density at radius 2 is 1.75 bits per heavy atom. The lowest BCUT2D eigenvalue weighted by Crippen LogP contribution is -2.72. The van der Waals surface area contributed by atoms with Crippen LogP contribution in [-0.4, -0.2) is 23.2 Å². The van der Waals surface area contributed by atoms with Crippen LogP contribution in [0.25, 0.3) is 0 Å².